The van der Waals surface area contributed by atoms with Gasteiger partial charge in [-0.2, -0.15) is 0 Å². The lowest BCUT2D eigenvalue weighted by Crippen LogP contribution is -2.35. The average molecular weight is 318 g/mol. The molecule has 1 saturated carbocycles. The van der Waals surface area contributed by atoms with Gasteiger partial charge in [-0.15, -0.1) is 0 Å². The molecule has 1 aromatic rings. The first-order valence-electron chi connectivity index (χ1n) is 8.31. The number of likely N-dealkylation sites (N-methyl/N-ethyl adjacent to an activating group) is 1. The van der Waals surface area contributed by atoms with Crippen molar-refractivity contribution in [3.8, 4) is 5.75 Å². The topological polar surface area (TPSA) is 58.6 Å². The summed E-state index contributed by atoms with van der Waals surface area (Å²) in [4.78, 5) is 25.7. The first-order chi connectivity index (χ1) is 11.1. The van der Waals surface area contributed by atoms with Crippen molar-refractivity contribution in [3.05, 3.63) is 29.8 Å². The fraction of sp³-hybridized carbons (Fsp3) is 0.556. The van der Waals surface area contributed by atoms with E-state index in [1.165, 1.54) is 30.6 Å². The first-order valence-corrected chi connectivity index (χ1v) is 8.31. The molecule has 0 aliphatic heterocycles. The van der Waals surface area contributed by atoms with Crippen molar-refractivity contribution in [1.82, 2.24) is 10.2 Å². The van der Waals surface area contributed by atoms with Gasteiger partial charge < -0.3 is 15.0 Å². The quantitative estimate of drug-likeness (QED) is 0.849. The third kappa shape index (κ3) is 5.27. The molecule has 2 rings (SSSR count). The molecule has 0 heterocycles. The standard InChI is InChI=1S/C18H26N2O3/c1-20(2)17(21)13-23-16-12-8-7-11-15(16)18(22)19-14-9-5-3-4-6-10-14/h7-8,11-12,14H,3-6,9-10,13H2,1-2H3,(H,19,22). The van der Waals surface area contributed by atoms with Gasteiger partial charge in [0.25, 0.3) is 11.8 Å². The van der Waals surface area contributed by atoms with Crippen LogP contribution in [0.1, 0.15) is 48.9 Å². The zero-order valence-corrected chi connectivity index (χ0v) is 14.0. The summed E-state index contributed by atoms with van der Waals surface area (Å²) in [6.07, 6.45) is 6.90. The number of amides is 2. The van der Waals surface area contributed by atoms with E-state index in [1.54, 1.807) is 32.3 Å². The molecule has 5 heteroatoms. The summed E-state index contributed by atoms with van der Waals surface area (Å²) in [5, 5.41) is 3.11. The van der Waals surface area contributed by atoms with Gasteiger partial charge in [0.05, 0.1) is 5.56 Å². The van der Waals surface area contributed by atoms with Crippen molar-refractivity contribution >= 4 is 11.8 Å². The summed E-state index contributed by atoms with van der Waals surface area (Å²) in [5.74, 6) is 0.197. The van der Waals surface area contributed by atoms with Crippen LogP contribution in [0, 0.1) is 0 Å². The molecular weight excluding hydrogens is 292 g/mol. The summed E-state index contributed by atoms with van der Waals surface area (Å²) in [7, 11) is 3.35. The minimum Gasteiger partial charge on any atom is -0.483 e. The molecule has 1 fully saturated rings. The Labute approximate surface area is 138 Å². The van der Waals surface area contributed by atoms with Crippen LogP contribution in [0.25, 0.3) is 0 Å². The molecule has 1 aromatic carbocycles. The maximum absolute atomic E-state index is 12.5. The van der Waals surface area contributed by atoms with Gasteiger partial charge in [0.15, 0.2) is 6.61 Å². The Morgan fingerprint density at radius 1 is 1.13 bits per heavy atom. The SMILES string of the molecule is CN(C)C(=O)COc1ccccc1C(=O)NC1CCCCCC1. The fourth-order valence-corrected chi connectivity index (χ4v) is 2.74. The fourth-order valence-electron chi connectivity index (χ4n) is 2.74. The van der Waals surface area contributed by atoms with E-state index in [-0.39, 0.29) is 24.5 Å². The van der Waals surface area contributed by atoms with E-state index in [4.69, 9.17) is 4.74 Å². The number of carbonyl (C=O) groups is 2. The molecule has 1 aliphatic rings. The Morgan fingerprint density at radius 2 is 1.78 bits per heavy atom. The molecule has 2 amide bonds. The predicted octanol–water partition coefficient (Wildman–Crippen LogP) is 2.61. The van der Waals surface area contributed by atoms with E-state index in [2.05, 4.69) is 5.32 Å². The molecule has 1 aliphatic carbocycles. The van der Waals surface area contributed by atoms with E-state index in [0.29, 0.717) is 11.3 Å². The van der Waals surface area contributed by atoms with Crippen LogP contribution in [-0.2, 0) is 4.79 Å². The maximum Gasteiger partial charge on any atom is 0.259 e. The Hall–Kier alpha value is -2.04. The Balaban J connectivity index is 2.00. The monoisotopic (exact) mass is 318 g/mol. The smallest absolute Gasteiger partial charge is 0.259 e. The van der Waals surface area contributed by atoms with Crippen molar-refractivity contribution in [3.63, 3.8) is 0 Å². The number of nitrogens with one attached hydrogen (secondary N) is 1. The van der Waals surface area contributed by atoms with Crippen molar-refractivity contribution in [1.29, 1.82) is 0 Å². The average Bonchev–Trinajstić information content (AvgIpc) is 2.81. The molecule has 0 unspecified atom stereocenters. The minimum absolute atomic E-state index is 0.0687. The van der Waals surface area contributed by atoms with E-state index in [9.17, 15) is 9.59 Å². The summed E-state index contributed by atoms with van der Waals surface area (Å²) >= 11 is 0. The first kappa shape index (κ1) is 17.3. The van der Waals surface area contributed by atoms with Crippen molar-refractivity contribution in [2.24, 2.45) is 0 Å². The van der Waals surface area contributed by atoms with Crippen LogP contribution in [0.2, 0.25) is 0 Å². The second kappa shape index (κ2) is 8.56. The number of benzene rings is 1. The van der Waals surface area contributed by atoms with Gasteiger partial charge in [-0.1, -0.05) is 37.8 Å². The van der Waals surface area contributed by atoms with Crippen LogP contribution in [-0.4, -0.2) is 43.5 Å². The van der Waals surface area contributed by atoms with E-state index in [1.807, 2.05) is 6.07 Å². The number of nitrogens with zero attached hydrogens (tertiary/aromatic N) is 1. The maximum atomic E-state index is 12.5. The number of hydrogen-bond acceptors (Lipinski definition) is 3. The number of ether oxygens (including phenoxy) is 1. The molecule has 0 aromatic heterocycles. The molecular formula is C18H26N2O3. The lowest BCUT2D eigenvalue weighted by atomic mass is 10.1. The molecule has 0 atom stereocenters. The zero-order chi connectivity index (χ0) is 16.7. The highest BCUT2D eigenvalue weighted by Gasteiger charge is 2.18. The van der Waals surface area contributed by atoms with E-state index >= 15 is 0 Å². The van der Waals surface area contributed by atoms with Gasteiger partial charge in [0, 0.05) is 20.1 Å². The second-order valence-electron chi connectivity index (χ2n) is 6.23. The van der Waals surface area contributed by atoms with Crippen LogP contribution in [0.4, 0.5) is 0 Å². The van der Waals surface area contributed by atoms with Gasteiger partial charge in [-0.25, -0.2) is 0 Å². The van der Waals surface area contributed by atoms with E-state index in [0.717, 1.165) is 12.8 Å². The van der Waals surface area contributed by atoms with Gasteiger partial charge in [0.1, 0.15) is 5.75 Å². The third-order valence-electron chi connectivity index (χ3n) is 4.17. The normalized spacial score (nSPS) is 15.6. The Bertz CT molecular complexity index is 535. The summed E-state index contributed by atoms with van der Waals surface area (Å²) in [6.45, 7) is -0.0687. The molecule has 1 N–H and O–H groups in total. The zero-order valence-electron chi connectivity index (χ0n) is 14.0. The van der Waals surface area contributed by atoms with Crippen LogP contribution >= 0.6 is 0 Å². The number of hydrogen-bond donors (Lipinski definition) is 1. The van der Waals surface area contributed by atoms with E-state index < -0.39 is 0 Å². The molecule has 126 valence electrons. The van der Waals surface area contributed by atoms with Gasteiger partial charge >= 0.3 is 0 Å². The van der Waals surface area contributed by atoms with Gasteiger partial charge in [-0.05, 0) is 25.0 Å². The Kier molecular flexibility index (Phi) is 6.44. The lowest BCUT2D eigenvalue weighted by Gasteiger charge is -2.18. The third-order valence-corrected chi connectivity index (χ3v) is 4.17. The predicted molar refractivity (Wildman–Crippen MR) is 89.6 cm³/mol. The van der Waals surface area contributed by atoms with Crippen molar-refractivity contribution in [2.75, 3.05) is 20.7 Å². The molecule has 0 bridgehead atoms. The number of para-hydroxylation sites is 1. The van der Waals surface area contributed by atoms with Crippen LogP contribution in [0.5, 0.6) is 5.75 Å². The van der Waals surface area contributed by atoms with Crippen LogP contribution in [0.3, 0.4) is 0 Å². The Morgan fingerprint density at radius 3 is 2.43 bits per heavy atom. The highest BCUT2D eigenvalue weighted by atomic mass is 16.5. The van der Waals surface area contributed by atoms with Crippen molar-refractivity contribution < 1.29 is 14.3 Å². The van der Waals surface area contributed by atoms with Crippen LogP contribution < -0.4 is 10.1 Å². The number of rotatable bonds is 5. The summed E-state index contributed by atoms with van der Waals surface area (Å²) in [6, 6.07) is 7.31. The molecule has 0 spiro atoms. The highest BCUT2D eigenvalue weighted by molar-refractivity contribution is 5.97. The van der Waals surface area contributed by atoms with Gasteiger partial charge in [0.2, 0.25) is 0 Å². The van der Waals surface area contributed by atoms with Gasteiger partial charge in [-0.3, -0.25) is 9.59 Å². The molecule has 23 heavy (non-hydrogen) atoms. The lowest BCUT2D eigenvalue weighted by molar-refractivity contribution is -0.130. The minimum atomic E-state index is -0.135. The summed E-state index contributed by atoms with van der Waals surface area (Å²) < 4.78 is 5.54. The van der Waals surface area contributed by atoms with Crippen LogP contribution in [0.15, 0.2) is 24.3 Å². The summed E-state index contributed by atoms with van der Waals surface area (Å²) in [5.41, 5.74) is 0.489. The largest absolute Gasteiger partial charge is 0.483 e. The molecule has 0 radical (unpaired) electrons. The second-order valence-corrected chi connectivity index (χ2v) is 6.23. The number of carbonyl (C=O) groups excluding carboxylic acids is 2. The highest BCUT2D eigenvalue weighted by Crippen LogP contribution is 2.21. The van der Waals surface area contributed by atoms with Crippen molar-refractivity contribution in [2.45, 2.75) is 44.6 Å². The molecule has 5 nitrogen and oxygen atoms in total. The molecule has 0 saturated heterocycles.